The molecule has 0 radical (unpaired) electrons. The second-order valence-electron chi connectivity index (χ2n) is 4.80. The Morgan fingerprint density at radius 3 is 2.95 bits per heavy atom. The van der Waals surface area contributed by atoms with Crippen LogP contribution in [0.5, 0.6) is 0 Å². The Labute approximate surface area is 124 Å². The molecular weight excluding hydrogens is 324 g/mol. The van der Waals surface area contributed by atoms with Crippen molar-refractivity contribution in [3.05, 3.63) is 50.7 Å². The molecule has 3 rings (SSSR count). The average molecular weight is 337 g/mol. The third kappa shape index (κ3) is 2.88. The molecule has 0 spiro atoms. The summed E-state index contributed by atoms with van der Waals surface area (Å²) in [5.41, 5.74) is 1.38. The summed E-state index contributed by atoms with van der Waals surface area (Å²) in [6.07, 6.45) is 4.19. The lowest BCUT2D eigenvalue weighted by molar-refractivity contribution is -0.384. The van der Waals surface area contributed by atoms with Gasteiger partial charge in [-0.15, -0.1) is 0 Å². The molecule has 1 N–H and O–H groups in total. The van der Waals surface area contributed by atoms with Crippen LogP contribution in [0.2, 0.25) is 0 Å². The van der Waals surface area contributed by atoms with Crippen molar-refractivity contribution in [2.75, 3.05) is 0 Å². The van der Waals surface area contributed by atoms with Crippen molar-refractivity contribution in [1.82, 2.24) is 15.1 Å². The van der Waals surface area contributed by atoms with Gasteiger partial charge in [0.25, 0.3) is 5.69 Å². The summed E-state index contributed by atoms with van der Waals surface area (Å²) in [7, 11) is 0. The lowest BCUT2D eigenvalue weighted by Gasteiger charge is -2.03. The van der Waals surface area contributed by atoms with E-state index in [0.717, 1.165) is 5.69 Å². The number of halogens is 1. The van der Waals surface area contributed by atoms with E-state index < -0.39 is 4.92 Å². The van der Waals surface area contributed by atoms with Crippen LogP contribution in [0, 0.1) is 10.1 Å². The number of nitro benzene ring substituents is 1. The van der Waals surface area contributed by atoms with Gasteiger partial charge in [0, 0.05) is 29.3 Å². The van der Waals surface area contributed by atoms with Gasteiger partial charge in [-0.1, -0.05) is 15.9 Å². The first-order chi connectivity index (χ1) is 9.63. The fourth-order valence-corrected chi connectivity index (χ4v) is 2.31. The molecule has 1 saturated carbocycles. The highest BCUT2D eigenvalue weighted by Gasteiger charge is 2.21. The second kappa shape index (κ2) is 5.34. The first-order valence-electron chi connectivity index (χ1n) is 6.36. The number of nitrogens with one attached hydrogen (secondary N) is 1. The van der Waals surface area contributed by atoms with Gasteiger partial charge in [0.15, 0.2) is 0 Å². The third-order valence-corrected chi connectivity index (χ3v) is 3.67. The first-order valence-corrected chi connectivity index (χ1v) is 7.15. The fraction of sp³-hybridized carbons (Fsp3) is 0.308. The van der Waals surface area contributed by atoms with E-state index in [1.807, 2.05) is 6.07 Å². The molecule has 1 aromatic carbocycles. The Balaban J connectivity index is 1.86. The quantitative estimate of drug-likeness (QED) is 0.673. The number of hydrogen-bond donors (Lipinski definition) is 1. The molecule has 0 unspecified atom stereocenters. The van der Waals surface area contributed by atoms with E-state index in [9.17, 15) is 10.1 Å². The van der Waals surface area contributed by atoms with Gasteiger partial charge in [0.05, 0.1) is 10.6 Å². The molecule has 104 valence electrons. The molecule has 1 aromatic heterocycles. The van der Waals surface area contributed by atoms with Crippen molar-refractivity contribution >= 4 is 21.6 Å². The summed E-state index contributed by atoms with van der Waals surface area (Å²) < 4.78 is 2.23. The van der Waals surface area contributed by atoms with Gasteiger partial charge >= 0.3 is 0 Å². The monoisotopic (exact) mass is 336 g/mol. The van der Waals surface area contributed by atoms with E-state index in [1.54, 1.807) is 23.0 Å². The van der Waals surface area contributed by atoms with E-state index in [4.69, 9.17) is 0 Å². The Hall–Kier alpha value is -1.73. The highest BCUT2D eigenvalue weighted by molar-refractivity contribution is 9.10. The van der Waals surface area contributed by atoms with Crippen molar-refractivity contribution in [3.8, 4) is 5.69 Å². The summed E-state index contributed by atoms with van der Waals surface area (Å²) in [6.45, 7) is 0.696. The van der Waals surface area contributed by atoms with Crippen LogP contribution in [-0.4, -0.2) is 20.7 Å². The van der Waals surface area contributed by atoms with E-state index in [-0.39, 0.29) is 5.69 Å². The van der Waals surface area contributed by atoms with Gasteiger partial charge in [-0.05, 0) is 31.0 Å². The van der Waals surface area contributed by atoms with Crippen LogP contribution in [0.4, 0.5) is 5.69 Å². The van der Waals surface area contributed by atoms with Gasteiger partial charge in [0.2, 0.25) is 0 Å². The minimum atomic E-state index is -0.399. The number of nitrogens with zero attached hydrogens (tertiary/aromatic N) is 3. The molecule has 1 aliphatic rings. The minimum Gasteiger partial charge on any atom is -0.308 e. The van der Waals surface area contributed by atoms with Crippen molar-refractivity contribution in [2.24, 2.45) is 0 Å². The molecule has 0 atom stereocenters. The van der Waals surface area contributed by atoms with E-state index in [0.29, 0.717) is 22.7 Å². The van der Waals surface area contributed by atoms with Crippen molar-refractivity contribution < 1.29 is 4.92 Å². The van der Waals surface area contributed by atoms with Crippen LogP contribution in [0.3, 0.4) is 0 Å². The second-order valence-corrected chi connectivity index (χ2v) is 5.71. The molecule has 0 bridgehead atoms. The summed E-state index contributed by atoms with van der Waals surface area (Å²) in [6, 6.07) is 7.43. The first kappa shape index (κ1) is 13.3. The fourth-order valence-electron chi connectivity index (χ4n) is 1.96. The van der Waals surface area contributed by atoms with Gasteiger partial charge in [-0.3, -0.25) is 10.1 Å². The lowest BCUT2D eigenvalue weighted by atomic mass is 10.3. The maximum atomic E-state index is 11.1. The van der Waals surface area contributed by atoms with Crippen LogP contribution >= 0.6 is 15.9 Å². The molecule has 0 saturated heterocycles. The van der Waals surface area contributed by atoms with E-state index in [1.165, 1.54) is 18.9 Å². The molecule has 1 heterocycles. The Morgan fingerprint density at radius 2 is 2.25 bits per heavy atom. The lowest BCUT2D eigenvalue weighted by Crippen LogP contribution is -2.15. The van der Waals surface area contributed by atoms with Crippen LogP contribution in [0.25, 0.3) is 5.69 Å². The standard InChI is InChI=1S/C13H13BrN4O2/c14-9-1-4-12(13(7-9)18(19)20)17-6-5-11(16-17)8-15-10-2-3-10/h1,4-7,10,15H,2-3,8H2. The topological polar surface area (TPSA) is 73.0 Å². The van der Waals surface area contributed by atoms with Crippen molar-refractivity contribution in [2.45, 2.75) is 25.4 Å². The third-order valence-electron chi connectivity index (χ3n) is 3.17. The molecule has 6 nitrogen and oxygen atoms in total. The van der Waals surface area contributed by atoms with Crippen LogP contribution in [0.1, 0.15) is 18.5 Å². The molecule has 1 fully saturated rings. The molecule has 2 aromatic rings. The average Bonchev–Trinajstić information content (AvgIpc) is 3.14. The van der Waals surface area contributed by atoms with Gasteiger partial charge in [-0.2, -0.15) is 5.10 Å². The van der Waals surface area contributed by atoms with E-state index >= 15 is 0 Å². The number of hydrogen-bond acceptors (Lipinski definition) is 4. The van der Waals surface area contributed by atoms with Gasteiger partial charge in [0.1, 0.15) is 5.69 Å². The van der Waals surface area contributed by atoms with Crippen LogP contribution < -0.4 is 5.32 Å². The predicted octanol–water partition coefficient (Wildman–Crippen LogP) is 2.80. The maximum absolute atomic E-state index is 11.1. The molecule has 7 heteroatoms. The number of aromatic nitrogens is 2. The summed E-state index contributed by atoms with van der Waals surface area (Å²) in [5.74, 6) is 0. The smallest absolute Gasteiger partial charge is 0.295 e. The van der Waals surface area contributed by atoms with Crippen LogP contribution in [-0.2, 0) is 6.54 Å². The van der Waals surface area contributed by atoms with Crippen molar-refractivity contribution in [1.29, 1.82) is 0 Å². The number of rotatable bonds is 5. The summed E-state index contributed by atoms with van der Waals surface area (Å²) in [5, 5.41) is 18.9. The maximum Gasteiger partial charge on any atom is 0.295 e. The highest BCUT2D eigenvalue weighted by atomic mass is 79.9. The number of nitro groups is 1. The zero-order chi connectivity index (χ0) is 14.1. The SMILES string of the molecule is O=[N+]([O-])c1cc(Br)ccc1-n1ccc(CNC2CC2)n1. The molecular formula is C13H13BrN4O2. The zero-order valence-corrected chi connectivity index (χ0v) is 12.2. The minimum absolute atomic E-state index is 0.0316. The van der Waals surface area contributed by atoms with Gasteiger partial charge < -0.3 is 5.32 Å². The zero-order valence-electron chi connectivity index (χ0n) is 10.6. The molecule has 0 amide bonds. The molecule has 1 aliphatic carbocycles. The van der Waals surface area contributed by atoms with E-state index in [2.05, 4.69) is 26.3 Å². The molecule has 20 heavy (non-hydrogen) atoms. The Bertz CT molecular complexity index is 652. The van der Waals surface area contributed by atoms with Gasteiger partial charge in [-0.25, -0.2) is 4.68 Å². The Morgan fingerprint density at radius 1 is 1.45 bits per heavy atom. The highest BCUT2D eigenvalue weighted by Crippen LogP contribution is 2.26. The Kier molecular flexibility index (Phi) is 3.54. The largest absolute Gasteiger partial charge is 0.308 e. The molecule has 0 aliphatic heterocycles. The number of benzene rings is 1. The normalized spacial score (nSPS) is 14.4. The summed E-state index contributed by atoms with van der Waals surface area (Å²) >= 11 is 3.25. The van der Waals surface area contributed by atoms with Crippen molar-refractivity contribution in [3.63, 3.8) is 0 Å². The predicted molar refractivity (Wildman–Crippen MR) is 77.8 cm³/mol. The summed E-state index contributed by atoms with van der Waals surface area (Å²) in [4.78, 5) is 10.7. The van der Waals surface area contributed by atoms with Crippen LogP contribution in [0.15, 0.2) is 34.9 Å².